The Kier molecular flexibility index (Phi) is 8.00. The molecule has 0 heteroatoms. The molecule has 0 heterocycles. The van der Waals surface area contributed by atoms with Gasteiger partial charge in [0, 0.05) is 11.8 Å². The van der Waals surface area contributed by atoms with Gasteiger partial charge in [-0.1, -0.05) is 237 Å². The number of benzene rings is 11. The van der Waals surface area contributed by atoms with Gasteiger partial charge in [0.25, 0.3) is 0 Å². The highest BCUT2D eigenvalue weighted by atomic mass is 14.5. The molecule has 0 aromatic heterocycles. The molecule has 0 saturated carbocycles. The molecule has 0 nitrogen and oxygen atoms in total. The van der Waals surface area contributed by atoms with Crippen molar-refractivity contribution < 1.29 is 0 Å². The molecular formula is C68H42. The molecular weight excluding hydrogens is 817 g/mol. The zero-order valence-electron chi connectivity index (χ0n) is 37.2. The van der Waals surface area contributed by atoms with Crippen molar-refractivity contribution in [2.45, 2.75) is 11.8 Å². The summed E-state index contributed by atoms with van der Waals surface area (Å²) in [5.74, 6) is 0.246. The van der Waals surface area contributed by atoms with E-state index in [9.17, 15) is 0 Å². The minimum Gasteiger partial charge on any atom is -0.0675 e. The van der Waals surface area contributed by atoms with Gasteiger partial charge in [-0.3, -0.25) is 0 Å². The Balaban J connectivity index is 1.13. The molecule has 0 saturated heterocycles. The Bertz CT molecular complexity index is 3940. The van der Waals surface area contributed by atoms with Crippen LogP contribution < -0.4 is 5.22 Å². The van der Waals surface area contributed by atoms with Gasteiger partial charge in [-0.15, -0.1) is 0 Å². The van der Waals surface area contributed by atoms with E-state index in [-0.39, 0.29) is 11.8 Å². The second-order valence-electron chi connectivity index (χ2n) is 18.9. The number of rotatable bonds is 6. The molecule has 15 rings (SSSR count). The molecule has 0 bridgehead atoms. The summed E-state index contributed by atoms with van der Waals surface area (Å²) in [4.78, 5) is 0. The molecule has 11 aromatic carbocycles. The Hall–Kier alpha value is -8.58. The van der Waals surface area contributed by atoms with Gasteiger partial charge in [-0.2, -0.15) is 0 Å². The normalized spacial score (nSPS) is 15.8. The number of fused-ring (bicyclic) bond motifs is 8. The fourth-order valence-corrected chi connectivity index (χ4v) is 12.9. The third kappa shape index (κ3) is 5.20. The lowest BCUT2D eigenvalue weighted by molar-refractivity contribution is 0.773. The van der Waals surface area contributed by atoms with Crippen molar-refractivity contribution in [1.82, 2.24) is 0 Å². The fourth-order valence-electron chi connectivity index (χ4n) is 12.9. The van der Waals surface area contributed by atoms with E-state index < -0.39 is 0 Å². The van der Waals surface area contributed by atoms with Crippen LogP contribution in [0, 0.1) is 0 Å². The maximum absolute atomic E-state index is 2.68. The van der Waals surface area contributed by atoms with Crippen LogP contribution in [0.4, 0.5) is 0 Å². The summed E-state index contributed by atoms with van der Waals surface area (Å²) in [5, 5.41) is 6.76. The van der Waals surface area contributed by atoms with Crippen molar-refractivity contribution in [2.75, 3.05) is 0 Å². The van der Waals surface area contributed by atoms with Crippen LogP contribution in [0.1, 0.15) is 45.2 Å². The molecule has 68 heavy (non-hydrogen) atoms. The molecule has 0 fully saturated rings. The Morgan fingerprint density at radius 2 is 0.691 bits per heavy atom. The molecule has 11 aromatic rings. The van der Waals surface area contributed by atoms with Gasteiger partial charge < -0.3 is 0 Å². The average Bonchev–Trinajstić information content (AvgIpc) is 3.94. The van der Waals surface area contributed by atoms with Gasteiger partial charge in [-0.25, -0.2) is 0 Å². The number of hydrogen-bond acceptors (Lipinski definition) is 0. The predicted octanol–water partition coefficient (Wildman–Crippen LogP) is 16.9. The van der Waals surface area contributed by atoms with Gasteiger partial charge in [-0.05, 0) is 150 Å². The summed E-state index contributed by atoms with van der Waals surface area (Å²) in [5.41, 5.74) is 27.6. The first-order chi connectivity index (χ1) is 33.8. The molecule has 0 radical (unpaired) electrons. The summed E-state index contributed by atoms with van der Waals surface area (Å²) < 4.78 is 0. The first-order valence-electron chi connectivity index (χ1n) is 24.0. The second-order valence-corrected chi connectivity index (χ2v) is 18.9. The molecule has 0 aliphatic heterocycles. The lowest BCUT2D eigenvalue weighted by Gasteiger charge is -2.35. The highest BCUT2D eigenvalue weighted by Gasteiger charge is 2.47. The summed E-state index contributed by atoms with van der Waals surface area (Å²) in [6.45, 7) is 0. The van der Waals surface area contributed by atoms with Gasteiger partial charge in [0.15, 0.2) is 0 Å². The smallest absolute Gasteiger partial charge is 0.0213 e. The molecule has 2 unspecified atom stereocenters. The van der Waals surface area contributed by atoms with E-state index in [1.165, 1.54) is 144 Å². The molecule has 2 atom stereocenters. The minimum atomic E-state index is 0.119. The van der Waals surface area contributed by atoms with Crippen LogP contribution in [0.15, 0.2) is 243 Å². The van der Waals surface area contributed by atoms with Crippen molar-refractivity contribution in [2.24, 2.45) is 0 Å². The summed E-state index contributed by atoms with van der Waals surface area (Å²) in [7, 11) is 0. The lowest BCUT2D eigenvalue weighted by Crippen LogP contribution is -2.28. The van der Waals surface area contributed by atoms with E-state index in [2.05, 4.69) is 243 Å². The van der Waals surface area contributed by atoms with Crippen LogP contribution in [-0.2, 0) is 0 Å². The van der Waals surface area contributed by atoms with Crippen LogP contribution in [0.3, 0.4) is 0 Å². The highest BCUT2D eigenvalue weighted by molar-refractivity contribution is 6.30. The largest absolute Gasteiger partial charge is 0.0675 e. The van der Waals surface area contributed by atoms with Crippen molar-refractivity contribution >= 4 is 38.3 Å². The maximum Gasteiger partial charge on any atom is 0.0213 e. The van der Waals surface area contributed by atoms with E-state index in [4.69, 9.17) is 0 Å². The predicted molar refractivity (Wildman–Crippen MR) is 285 cm³/mol. The second kappa shape index (κ2) is 14.5. The van der Waals surface area contributed by atoms with Gasteiger partial charge in [0.05, 0.1) is 0 Å². The monoisotopic (exact) mass is 858 g/mol. The van der Waals surface area contributed by atoms with E-state index in [1.807, 2.05) is 0 Å². The Labute approximate surface area is 396 Å². The van der Waals surface area contributed by atoms with E-state index >= 15 is 0 Å². The Morgan fingerprint density at radius 3 is 1.21 bits per heavy atom. The Morgan fingerprint density at radius 1 is 0.279 bits per heavy atom. The van der Waals surface area contributed by atoms with Crippen LogP contribution in [0.5, 0.6) is 0 Å². The zero-order valence-corrected chi connectivity index (χ0v) is 37.2. The van der Waals surface area contributed by atoms with Gasteiger partial charge in [0.1, 0.15) is 0 Å². The van der Waals surface area contributed by atoms with Crippen LogP contribution in [-0.4, -0.2) is 0 Å². The topological polar surface area (TPSA) is 0 Å². The van der Waals surface area contributed by atoms with E-state index in [0.717, 1.165) is 0 Å². The van der Waals surface area contributed by atoms with Crippen molar-refractivity contribution in [3.05, 3.63) is 281 Å². The molecule has 0 amide bonds. The molecule has 4 aliphatic carbocycles. The summed E-state index contributed by atoms with van der Waals surface area (Å²) in [6, 6.07) is 86.1. The minimum absolute atomic E-state index is 0.119. The first-order valence-corrected chi connectivity index (χ1v) is 24.0. The van der Waals surface area contributed by atoms with Crippen molar-refractivity contribution in [3.8, 4) is 66.8 Å². The third-order valence-corrected chi connectivity index (χ3v) is 15.5. The van der Waals surface area contributed by atoms with Crippen LogP contribution in [0.25, 0.3) is 105 Å². The molecule has 0 N–H and O–H groups in total. The van der Waals surface area contributed by atoms with Crippen molar-refractivity contribution in [1.29, 1.82) is 0 Å². The van der Waals surface area contributed by atoms with Gasteiger partial charge in [0.2, 0.25) is 0 Å². The number of allylic oxidation sites excluding steroid dienone is 3. The summed E-state index contributed by atoms with van der Waals surface area (Å²) in [6.07, 6.45) is 5.29. The first kappa shape index (κ1) is 37.6. The van der Waals surface area contributed by atoms with Crippen LogP contribution >= 0.6 is 0 Å². The lowest BCUT2D eigenvalue weighted by atomic mass is 9.67. The molecule has 4 aliphatic rings. The van der Waals surface area contributed by atoms with Gasteiger partial charge >= 0.3 is 0 Å². The van der Waals surface area contributed by atoms with E-state index in [0.29, 0.717) is 0 Å². The number of hydrogen-bond donors (Lipinski definition) is 0. The standard InChI is InChI=1S/C68H42/c1-7-19-41(20-8-1)47-31-32-48(42-21-9-2-10-22-42)60-52-36-38-54-64-53(37-35-51(59(47)60)63(52)64)65-55(45-27-15-5-16-28-45)39-57-61-49(43-23-11-3-12-24-43)33-34-50(44-25-13-4-14-26-44)62(61)58-40-56(46-29-17-6-18-30-46)66(54)68(65)67(57)58/h1-40,57,67H. The molecule has 0 spiro atoms. The highest BCUT2D eigenvalue weighted by Crippen LogP contribution is 2.64. The van der Waals surface area contributed by atoms with Crippen LogP contribution in [0.2, 0.25) is 0 Å². The van der Waals surface area contributed by atoms with E-state index in [1.54, 1.807) is 0 Å². The quantitative estimate of drug-likeness (QED) is 0.156. The molecule has 314 valence electrons. The SMILES string of the molecule is C1=C(c2ccccc2)c2c3c(c4ccc5c6c(ccc2c64)-c2c(-c4ccccc4)ccc(-c4ccccc4)c2-5)=C(c2ccccc2)C=C2c4c(-c5ccccc5)ccc(-c5ccccc5)c4C1C23. The summed E-state index contributed by atoms with van der Waals surface area (Å²) >= 11 is 0. The maximum atomic E-state index is 2.68. The average molecular weight is 859 g/mol. The fraction of sp³-hybridized carbons (Fsp3) is 0.0294. The zero-order chi connectivity index (χ0) is 44.5. The third-order valence-electron chi connectivity index (χ3n) is 15.5. The van der Waals surface area contributed by atoms with Crippen molar-refractivity contribution in [3.63, 3.8) is 0 Å².